The van der Waals surface area contributed by atoms with Crippen LogP contribution >= 0.6 is 0 Å². The van der Waals surface area contributed by atoms with Crippen LogP contribution in [0, 0.1) is 11.8 Å². The molecule has 0 heterocycles. The summed E-state index contributed by atoms with van der Waals surface area (Å²) in [6.07, 6.45) is 0.609. The minimum absolute atomic E-state index is 0.609. The second-order valence-corrected chi connectivity index (χ2v) is 2.95. The van der Waals surface area contributed by atoms with Gasteiger partial charge in [0.25, 0.3) is 0 Å². The van der Waals surface area contributed by atoms with Crippen molar-refractivity contribution in [3.63, 3.8) is 0 Å². The van der Waals surface area contributed by atoms with Gasteiger partial charge in [0.15, 0.2) is 5.60 Å². The van der Waals surface area contributed by atoms with Gasteiger partial charge in [0, 0.05) is 0 Å². The number of hydrogen-bond acceptors (Lipinski definition) is 1. The van der Waals surface area contributed by atoms with E-state index < -0.39 is 5.60 Å². The highest BCUT2D eigenvalue weighted by Gasteiger charge is 2.23. The smallest absolute Gasteiger partial charge is 0.150 e. The van der Waals surface area contributed by atoms with E-state index in [2.05, 4.69) is 11.8 Å². The van der Waals surface area contributed by atoms with Crippen molar-refractivity contribution in [2.45, 2.75) is 25.9 Å². The zero-order valence-corrected chi connectivity index (χ0v) is 8.04. The van der Waals surface area contributed by atoms with Crippen molar-refractivity contribution in [2.24, 2.45) is 0 Å². The zero-order chi connectivity index (χ0) is 9.73. The molecule has 0 aromatic heterocycles. The second-order valence-electron chi connectivity index (χ2n) is 2.95. The molecule has 1 atom stereocenters. The fourth-order valence-corrected chi connectivity index (χ4v) is 1.29. The molecule has 0 amide bonds. The van der Waals surface area contributed by atoms with Crippen LogP contribution in [0.2, 0.25) is 0 Å². The Hall–Kier alpha value is -1.26. The zero-order valence-electron chi connectivity index (χ0n) is 8.04. The highest BCUT2D eigenvalue weighted by molar-refractivity contribution is 5.31. The molecule has 1 aromatic rings. The van der Waals surface area contributed by atoms with Crippen LogP contribution in [0.1, 0.15) is 25.8 Å². The van der Waals surface area contributed by atoms with Gasteiger partial charge in [-0.25, -0.2) is 0 Å². The van der Waals surface area contributed by atoms with E-state index in [4.69, 9.17) is 0 Å². The van der Waals surface area contributed by atoms with Crippen LogP contribution in [-0.2, 0) is 5.60 Å². The van der Waals surface area contributed by atoms with Crippen LogP contribution in [0.15, 0.2) is 30.3 Å². The monoisotopic (exact) mass is 174 g/mol. The van der Waals surface area contributed by atoms with Gasteiger partial charge in [-0.2, -0.15) is 0 Å². The van der Waals surface area contributed by atoms with E-state index in [-0.39, 0.29) is 0 Å². The molecular weight excluding hydrogens is 160 g/mol. The molecule has 0 saturated heterocycles. The van der Waals surface area contributed by atoms with Crippen molar-refractivity contribution in [1.82, 2.24) is 0 Å². The Kier molecular flexibility index (Phi) is 3.11. The quantitative estimate of drug-likeness (QED) is 0.682. The SMILES string of the molecule is CC#CC(O)(CC)c1ccccc1. The molecule has 1 heteroatoms. The van der Waals surface area contributed by atoms with Gasteiger partial charge in [0.05, 0.1) is 0 Å². The highest BCUT2D eigenvalue weighted by atomic mass is 16.3. The summed E-state index contributed by atoms with van der Waals surface area (Å²) >= 11 is 0. The van der Waals surface area contributed by atoms with E-state index in [1.54, 1.807) is 6.92 Å². The molecule has 0 saturated carbocycles. The van der Waals surface area contributed by atoms with Crippen molar-refractivity contribution in [3.05, 3.63) is 35.9 Å². The fourth-order valence-electron chi connectivity index (χ4n) is 1.29. The molecule has 1 N–H and O–H groups in total. The third-order valence-corrected chi connectivity index (χ3v) is 2.09. The van der Waals surface area contributed by atoms with Gasteiger partial charge in [0.2, 0.25) is 0 Å². The highest BCUT2D eigenvalue weighted by Crippen LogP contribution is 2.23. The lowest BCUT2D eigenvalue weighted by molar-refractivity contribution is 0.0959. The molecule has 0 bridgehead atoms. The number of hydrogen-bond donors (Lipinski definition) is 1. The van der Waals surface area contributed by atoms with Crippen molar-refractivity contribution < 1.29 is 5.11 Å². The molecule has 1 unspecified atom stereocenters. The first-order valence-corrected chi connectivity index (χ1v) is 4.44. The van der Waals surface area contributed by atoms with Gasteiger partial charge in [-0.1, -0.05) is 43.2 Å². The largest absolute Gasteiger partial charge is 0.373 e. The van der Waals surface area contributed by atoms with Crippen LogP contribution in [0.25, 0.3) is 0 Å². The third-order valence-electron chi connectivity index (χ3n) is 2.09. The standard InChI is InChI=1S/C12H14O/c1-3-10-12(13,4-2)11-8-6-5-7-9-11/h5-9,13H,4H2,1-2H3. The summed E-state index contributed by atoms with van der Waals surface area (Å²) in [5.41, 5.74) is -0.109. The van der Waals surface area contributed by atoms with Crippen molar-refractivity contribution in [2.75, 3.05) is 0 Å². The first-order chi connectivity index (χ1) is 6.23. The Bertz CT molecular complexity index is 318. The van der Waals surface area contributed by atoms with Crippen molar-refractivity contribution in [3.8, 4) is 11.8 Å². The maximum atomic E-state index is 10.1. The third kappa shape index (κ3) is 2.11. The Morgan fingerprint density at radius 1 is 1.31 bits per heavy atom. The average Bonchev–Trinajstić information content (AvgIpc) is 2.19. The summed E-state index contributed by atoms with van der Waals surface area (Å²) in [4.78, 5) is 0. The number of rotatable bonds is 2. The molecule has 0 aliphatic rings. The molecule has 13 heavy (non-hydrogen) atoms. The predicted octanol–water partition coefficient (Wildman–Crippen LogP) is 2.31. The van der Waals surface area contributed by atoms with E-state index in [1.807, 2.05) is 37.3 Å². The molecule has 1 nitrogen and oxygen atoms in total. The summed E-state index contributed by atoms with van der Waals surface area (Å²) in [6, 6.07) is 9.54. The molecule has 0 aliphatic carbocycles. The Labute approximate surface area is 79.4 Å². The lowest BCUT2D eigenvalue weighted by Gasteiger charge is -2.20. The minimum atomic E-state index is -0.976. The maximum absolute atomic E-state index is 10.1. The summed E-state index contributed by atoms with van der Waals surface area (Å²) in [6.45, 7) is 3.67. The van der Waals surface area contributed by atoms with E-state index in [0.717, 1.165) is 5.56 Å². The first-order valence-electron chi connectivity index (χ1n) is 4.44. The summed E-state index contributed by atoms with van der Waals surface area (Å²) in [5.74, 6) is 5.59. The normalized spacial score (nSPS) is 14.1. The molecule has 68 valence electrons. The summed E-state index contributed by atoms with van der Waals surface area (Å²) < 4.78 is 0. The van der Waals surface area contributed by atoms with Crippen LogP contribution in [-0.4, -0.2) is 5.11 Å². The van der Waals surface area contributed by atoms with Crippen LogP contribution in [0.4, 0.5) is 0 Å². The molecule has 1 rings (SSSR count). The van der Waals surface area contributed by atoms with Crippen LogP contribution in [0.5, 0.6) is 0 Å². The lowest BCUT2D eigenvalue weighted by Crippen LogP contribution is -2.22. The van der Waals surface area contributed by atoms with Crippen LogP contribution in [0.3, 0.4) is 0 Å². The number of benzene rings is 1. The molecule has 0 fully saturated rings. The average molecular weight is 174 g/mol. The Morgan fingerprint density at radius 2 is 1.92 bits per heavy atom. The molecule has 0 aliphatic heterocycles. The van der Waals surface area contributed by atoms with E-state index in [1.165, 1.54) is 0 Å². The second kappa shape index (κ2) is 4.11. The lowest BCUT2D eigenvalue weighted by atomic mass is 9.92. The van der Waals surface area contributed by atoms with Gasteiger partial charge in [-0.05, 0) is 18.9 Å². The van der Waals surface area contributed by atoms with Crippen molar-refractivity contribution >= 4 is 0 Å². The summed E-state index contributed by atoms with van der Waals surface area (Å²) in [7, 11) is 0. The van der Waals surface area contributed by atoms with Gasteiger partial charge >= 0.3 is 0 Å². The minimum Gasteiger partial charge on any atom is -0.373 e. The predicted molar refractivity (Wildman–Crippen MR) is 54.1 cm³/mol. The topological polar surface area (TPSA) is 20.2 Å². The Balaban J connectivity index is 3.08. The fraction of sp³-hybridized carbons (Fsp3) is 0.333. The van der Waals surface area contributed by atoms with Crippen molar-refractivity contribution in [1.29, 1.82) is 0 Å². The molecular formula is C12H14O. The van der Waals surface area contributed by atoms with E-state index in [9.17, 15) is 5.11 Å². The number of aliphatic hydroxyl groups is 1. The Morgan fingerprint density at radius 3 is 2.38 bits per heavy atom. The first kappa shape index (κ1) is 9.83. The van der Waals surface area contributed by atoms with Gasteiger partial charge < -0.3 is 5.11 Å². The van der Waals surface area contributed by atoms with Crippen LogP contribution < -0.4 is 0 Å². The van der Waals surface area contributed by atoms with Gasteiger partial charge in [-0.3, -0.25) is 0 Å². The van der Waals surface area contributed by atoms with Gasteiger partial charge in [0.1, 0.15) is 0 Å². The molecule has 0 spiro atoms. The summed E-state index contributed by atoms with van der Waals surface area (Å²) in [5, 5.41) is 10.1. The maximum Gasteiger partial charge on any atom is 0.150 e. The molecule has 1 aromatic carbocycles. The van der Waals surface area contributed by atoms with Gasteiger partial charge in [-0.15, -0.1) is 5.92 Å². The van der Waals surface area contributed by atoms with E-state index in [0.29, 0.717) is 6.42 Å². The molecule has 0 radical (unpaired) electrons. The van der Waals surface area contributed by atoms with E-state index >= 15 is 0 Å².